The van der Waals surface area contributed by atoms with E-state index in [2.05, 4.69) is 29.2 Å². The second kappa shape index (κ2) is 7.97. The van der Waals surface area contributed by atoms with Gasteiger partial charge in [0.05, 0.1) is 10.6 Å². The van der Waals surface area contributed by atoms with E-state index in [4.69, 9.17) is 0 Å². The fourth-order valence-electron chi connectivity index (χ4n) is 3.94. The van der Waals surface area contributed by atoms with E-state index in [1.165, 1.54) is 5.56 Å². The second-order valence-corrected chi connectivity index (χ2v) is 9.74. The van der Waals surface area contributed by atoms with E-state index in [9.17, 15) is 8.42 Å². The van der Waals surface area contributed by atoms with Crippen molar-refractivity contribution in [2.45, 2.75) is 59.5 Å². The minimum Gasteiger partial charge on any atom is -0.296 e. The lowest BCUT2D eigenvalue weighted by molar-refractivity contribution is 0.181. The van der Waals surface area contributed by atoms with E-state index in [-0.39, 0.29) is 0 Å². The van der Waals surface area contributed by atoms with Crippen LogP contribution in [-0.4, -0.2) is 53.6 Å². The van der Waals surface area contributed by atoms with Gasteiger partial charge in [-0.1, -0.05) is 6.07 Å². The van der Waals surface area contributed by atoms with Gasteiger partial charge in [0.15, 0.2) is 0 Å². The van der Waals surface area contributed by atoms with Gasteiger partial charge in [-0.15, -0.1) is 0 Å². The number of nitrogens with zero attached hydrogens (tertiary/aromatic N) is 4. The van der Waals surface area contributed by atoms with E-state index in [0.29, 0.717) is 18.0 Å². The largest absolute Gasteiger partial charge is 0.296 e. The molecule has 2 heterocycles. The molecule has 7 heteroatoms. The third-order valence-corrected chi connectivity index (χ3v) is 8.17. The molecule has 2 aromatic rings. The van der Waals surface area contributed by atoms with Gasteiger partial charge in [-0.25, -0.2) is 8.42 Å². The lowest BCUT2D eigenvalue weighted by Gasteiger charge is -2.34. The first-order chi connectivity index (χ1) is 13.1. The smallest absolute Gasteiger partial charge is 0.243 e. The zero-order valence-electron chi connectivity index (χ0n) is 17.9. The summed E-state index contributed by atoms with van der Waals surface area (Å²) < 4.78 is 30.4. The predicted octanol–water partition coefficient (Wildman–Crippen LogP) is 2.95. The summed E-state index contributed by atoms with van der Waals surface area (Å²) in [5, 5.41) is 4.51. The quantitative estimate of drug-likeness (QED) is 0.769. The van der Waals surface area contributed by atoms with Gasteiger partial charge < -0.3 is 0 Å². The molecule has 0 aliphatic carbocycles. The summed E-state index contributed by atoms with van der Waals surface area (Å²) in [5.74, 6) is 0. The first-order valence-electron chi connectivity index (χ1n) is 9.98. The van der Waals surface area contributed by atoms with Crippen LogP contribution in [0.4, 0.5) is 0 Å². The number of rotatable bonds is 5. The Bertz CT molecular complexity index is 945. The van der Waals surface area contributed by atoms with Gasteiger partial charge in [0.2, 0.25) is 10.0 Å². The van der Waals surface area contributed by atoms with Gasteiger partial charge in [-0.3, -0.25) is 9.58 Å². The van der Waals surface area contributed by atoms with Crippen LogP contribution in [0.2, 0.25) is 0 Å². The Balaban J connectivity index is 1.75. The van der Waals surface area contributed by atoms with E-state index < -0.39 is 10.0 Å². The molecule has 0 atom stereocenters. The van der Waals surface area contributed by atoms with E-state index >= 15 is 0 Å². The maximum Gasteiger partial charge on any atom is 0.243 e. The number of hydrogen-bond donors (Lipinski definition) is 0. The molecule has 1 fully saturated rings. The Labute approximate surface area is 169 Å². The van der Waals surface area contributed by atoms with Gasteiger partial charge in [0.1, 0.15) is 0 Å². The molecular weight excluding hydrogens is 372 g/mol. The molecule has 0 bridgehead atoms. The molecule has 3 rings (SSSR count). The van der Waals surface area contributed by atoms with Crippen LogP contribution in [0.1, 0.15) is 40.4 Å². The second-order valence-electron chi connectivity index (χ2n) is 7.87. The Kier molecular flexibility index (Phi) is 5.98. The van der Waals surface area contributed by atoms with E-state index in [1.807, 2.05) is 39.3 Å². The average molecular weight is 405 g/mol. The van der Waals surface area contributed by atoms with Crippen LogP contribution in [-0.2, 0) is 23.1 Å². The van der Waals surface area contributed by atoms with Crippen molar-refractivity contribution in [1.29, 1.82) is 0 Å². The van der Waals surface area contributed by atoms with Crippen molar-refractivity contribution >= 4 is 10.0 Å². The normalized spacial score (nSPS) is 16.6. The standard InChI is InChI=1S/C21H32N4O2S/c1-7-24-14-20(19(6)22-24)13-23-8-10-25(11-9-23)28(26,27)21-17(4)15(2)12-16(3)18(21)5/h12,14H,7-11,13H2,1-6H3. The molecule has 1 aliphatic rings. The fraction of sp³-hybridized carbons (Fsp3) is 0.571. The summed E-state index contributed by atoms with van der Waals surface area (Å²) in [7, 11) is -3.48. The molecule has 6 nitrogen and oxygen atoms in total. The molecule has 0 N–H and O–H groups in total. The van der Waals surface area contributed by atoms with E-state index in [0.717, 1.165) is 54.1 Å². The number of aromatic nitrogens is 2. The molecule has 1 aromatic carbocycles. The third-order valence-electron chi connectivity index (χ3n) is 5.99. The maximum absolute atomic E-state index is 13.4. The van der Waals surface area contributed by atoms with Crippen LogP contribution in [0.5, 0.6) is 0 Å². The molecule has 0 amide bonds. The Morgan fingerprint density at radius 1 is 0.964 bits per heavy atom. The highest BCUT2D eigenvalue weighted by Gasteiger charge is 2.31. The lowest BCUT2D eigenvalue weighted by atomic mass is 10.0. The fourth-order valence-corrected chi connectivity index (χ4v) is 5.94. The topological polar surface area (TPSA) is 58.4 Å². The molecule has 0 radical (unpaired) electrons. The van der Waals surface area contributed by atoms with Crippen LogP contribution in [0, 0.1) is 34.6 Å². The summed E-state index contributed by atoms with van der Waals surface area (Å²) >= 11 is 0. The van der Waals surface area contributed by atoms with Crippen molar-refractivity contribution in [1.82, 2.24) is 19.0 Å². The minimum absolute atomic E-state index is 0.499. The predicted molar refractivity (Wildman–Crippen MR) is 112 cm³/mol. The summed E-state index contributed by atoms with van der Waals surface area (Å²) in [5.41, 5.74) is 6.08. The van der Waals surface area contributed by atoms with Crippen molar-refractivity contribution < 1.29 is 8.42 Å². The third kappa shape index (κ3) is 3.88. The van der Waals surface area contributed by atoms with Gasteiger partial charge in [0, 0.05) is 51.0 Å². The van der Waals surface area contributed by atoms with Crippen molar-refractivity contribution in [2.75, 3.05) is 26.2 Å². The van der Waals surface area contributed by atoms with Crippen molar-refractivity contribution in [3.05, 3.63) is 45.8 Å². The monoisotopic (exact) mass is 404 g/mol. The molecule has 0 spiro atoms. The van der Waals surface area contributed by atoms with Crippen molar-refractivity contribution in [3.8, 4) is 0 Å². The van der Waals surface area contributed by atoms with Crippen molar-refractivity contribution in [2.24, 2.45) is 0 Å². The number of aryl methyl sites for hydroxylation is 4. The zero-order chi connectivity index (χ0) is 20.6. The SMILES string of the molecule is CCn1cc(CN2CCN(S(=O)(=O)c3c(C)c(C)cc(C)c3C)CC2)c(C)n1. The van der Waals surface area contributed by atoms with E-state index in [1.54, 1.807) is 4.31 Å². The molecule has 154 valence electrons. The number of piperazine rings is 1. The average Bonchev–Trinajstić information content (AvgIpc) is 3.00. The molecule has 1 aromatic heterocycles. The zero-order valence-corrected chi connectivity index (χ0v) is 18.7. The summed E-state index contributed by atoms with van der Waals surface area (Å²) in [6.45, 7) is 16.1. The molecule has 28 heavy (non-hydrogen) atoms. The number of hydrogen-bond acceptors (Lipinski definition) is 4. The van der Waals surface area contributed by atoms with Crippen molar-refractivity contribution in [3.63, 3.8) is 0 Å². The number of sulfonamides is 1. The molecular formula is C21H32N4O2S. The van der Waals surface area contributed by atoms with Gasteiger partial charge in [-0.05, 0) is 63.8 Å². The Hall–Kier alpha value is -1.70. The van der Waals surface area contributed by atoms with Crippen LogP contribution in [0.3, 0.4) is 0 Å². The molecule has 1 aliphatic heterocycles. The number of benzene rings is 1. The Morgan fingerprint density at radius 3 is 2.04 bits per heavy atom. The summed E-state index contributed by atoms with van der Waals surface area (Å²) in [4.78, 5) is 2.82. The van der Waals surface area contributed by atoms with Gasteiger partial charge in [-0.2, -0.15) is 9.40 Å². The summed E-state index contributed by atoms with van der Waals surface area (Å²) in [6, 6.07) is 2.07. The summed E-state index contributed by atoms with van der Waals surface area (Å²) in [6.07, 6.45) is 2.10. The highest BCUT2D eigenvalue weighted by molar-refractivity contribution is 7.89. The highest BCUT2D eigenvalue weighted by Crippen LogP contribution is 2.29. The van der Waals surface area contributed by atoms with Gasteiger partial charge >= 0.3 is 0 Å². The van der Waals surface area contributed by atoms with Crippen LogP contribution in [0.25, 0.3) is 0 Å². The minimum atomic E-state index is -3.48. The van der Waals surface area contributed by atoms with Gasteiger partial charge in [0.25, 0.3) is 0 Å². The molecule has 0 saturated carbocycles. The van der Waals surface area contributed by atoms with Crippen LogP contribution >= 0.6 is 0 Å². The lowest BCUT2D eigenvalue weighted by Crippen LogP contribution is -2.48. The van der Waals surface area contributed by atoms with Crippen LogP contribution in [0.15, 0.2) is 17.2 Å². The molecule has 0 unspecified atom stereocenters. The first-order valence-corrected chi connectivity index (χ1v) is 11.4. The first kappa shape index (κ1) is 21.0. The van der Waals surface area contributed by atoms with Crippen LogP contribution < -0.4 is 0 Å². The highest BCUT2D eigenvalue weighted by atomic mass is 32.2. The Morgan fingerprint density at radius 2 is 1.54 bits per heavy atom. The molecule has 1 saturated heterocycles. The maximum atomic E-state index is 13.4.